The molecule has 1 atom stereocenters. The number of aromatic nitrogens is 4. The largest absolute Gasteiger partial charge is 0.376 e. The average molecular weight is 384 g/mol. The van der Waals surface area contributed by atoms with Crippen molar-refractivity contribution in [3.8, 4) is 0 Å². The molecule has 0 saturated carbocycles. The van der Waals surface area contributed by atoms with Crippen molar-refractivity contribution in [2.75, 3.05) is 37.7 Å². The van der Waals surface area contributed by atoms with Crippen molar-refractivity contribution in [2.45, 2.75) is 45.3 Å². The number of ether oxygens (including phenoxy) is 1. The summed E-state index contributed by atoms with van der Waals surface area (Å²) in [7, 11) is 0. The van der Waals surface area contributed by atoms with Crippen molar-refractivity contribution in [3.05, 3.63) is 35.9 Å². The van der Waals surface area contributed by atoms with E-state index in [0.717, 1.165) is 69.6 Å². The van der Waals surface area contributed by atoms with Gasteiger partial charge in [0.2, 0.25) is 11.9 Å². The van der Waals surface area contributed by atoms with Crippen LogP contribution < -0.4 is 4.90 Å². The summed E-state index contributed by atoms with van der Waals surface area (Å²) < 4.78 is 8.19. The molecule has 2 aromatic heterocycles. The van der Waals surface area contributed by atoms with Gasteiger partial charge in [-0.1, -0.05) is 6.07 Å². The minimum atomic E-state index is 0.132. The Kier molecular flexibility index (Phi) is 5.85. The van der Waals surface area contributed by atoms with Crippen LogP contribution in [0, 0.1) is 0 Å². The molecule has 0 radical (unpaired) electrons. The Morgan fingerprint density at radius 2 is 2.04 bits per heavy atom. The van der Waals surface area contributed by atoms with Crippen LogP contribution in [0.1, 0.15) is 37.7 Å². The Hall–Kier alpha value is -2.48. The molecule has 0 N–H and O–H groups in total. The van der Waals surface area contributed by atoms with Gasteiger partial charge in [-0.05, 0) is 31.4 Å². The second kappa shape index (κ2) is 8.68. The van der Waals surface area contributed by atoms with Crippen LogP contribution in [0.4, 0.5) is 5.95 Å². The average Bonchev–Trinajstić information content (AvgIpc) is 3.11. The zero-order chi connectivity index (χ0) is 19.3. The maximum atomic E-state index is 11.6. The van der Waals surface area contributed by atoms with Crippen molar-refractivity contribution in [2.24, 2.45) is 0 Å². The monoisotopic (exact) mass is 384 g/mol. The molecule has 1 unspecified atom stereocenters. The smallest absolute Gasteiger partial charge is 0.227 e. The van der Waals surface area contributed by atoms with Gasteiger partial charge in [-0.2, -0.15) is 0 Å². The number of amides is 1. The summed E-state index contributed by atoms with van der Waals surface area (Å²) in [6.07, 6.45) is 6.06. The second-order valence-electron chi connectivity index (χ2n) is 7.51. The molecule has 4 rings (SSSR count). The quantitative estimate of drug-likeness (QED) is 0.778. The van der Waals surface area contributed by atoms with E-state index in [-0.39, 0.29) is 12.0 Å². The minimum Gasteiger partial charge on any atom is -0.376 e. The van der Waals surface area contributed by atoms with E-state index < -0.39 is 0 Å². The molecule has 2 aliphatic heterocycles. The summed E-state index contributed by atoms with van der Waals surface area (Å²) in [5.41, 5.74) is 0.980. The highest BCUT2D eigenvalue weighted by Gasteiger charge is 2.26. The van der Waals surface area contributed by atoms with Gasteiger partial charge in [0, 0.05) is 51.6 Å². The van der Waals surface area contributed by atoms with E-state index in [9.17, 15) is 4.79 Å². The number of pyridine rings is 1. The molecule has 150 valence electrons. The normalized spacial score (nSPS) is 20.4. The van der Waals surface area contributed by atoms with Crippen LogP contribution in [0.5, 0.6) is 0 Å². The summed E-state index contributed by atoms with van der Waals surface area (Å²) in [6, 6.07) is 5.93. The van der Waals surface area contributed by atoms with Gasteiger partial charge in [0.25, 0.3) is 0 Å². The van der Waals surface area contributed by atoms with Crippen LogP contribution in [0.25, 0.3) is 0 Å². The van der Waals surface area contributed by atoms with Gasteiger partial charge < -0.3 is 14.5 Å². The van der Waals surface area contributed by atoms with Crippen LogP contribution >= 0.6 is 0 Å². The van der Waals surface area contributed by atoms with E-state index in [0.29, 0.717) is 6.42 Å². The summed E-state index contributed by atoms with van der Waals surface area (Å²) in [5.74, 6) is 1.92. The van der Waals surface area contributed by atoms with E-state index in [1.165, 1.54) is 6.42 Å². The van der Waals surface area contributed by atoms with E-state index in [4.69, 9.17) is 4.74 Å². The van der Waals surface area contributed by atoms with Gasteiger partial charge in [-0.25, -0.2) is 0 Å². The number of hydrogen-bond donors (Lipinski definition) is 0. The number of piperazine rings is 1. The lowest BCUT2D eigenvalue weighted by Crippen LogP contribution is -2.49. The van der Waals surface area contributed by atoms with Crippen LogP contribution in [-0.4, -0.2) is 69.4 Å². The molecule has 8 nitrogen and oxygen atoms in total. The highest BCUT2D eigenvalue weighted by Crippen LogP contribution is 2.22. The van der Waals surface area contributed by atoms with Crippen LogP contribution in [0.15, 0.2) is 24.4 Å². The van der Waals surface area contributed by atoms with Gasteiger partial charge >= 0.3 is 0 Å². The first kappa shape index (κ1) is 18.9. The first-order valence-electron chi connectivity index (χ1n) is 10.1. The van der Waals surface area contributed by atoms with Crippen LogP contribution in [0.2, 0.25) is 0 Å². The molecule has 0 bridgehead atoms. The number of rotatable bonds is 5. The zero-order valence-electron chi connectivity index (χ0n) is 16.5. The van der Waals surface area contributed by atoms with Crippen molar-refractivity contribution < 1.29 is 9.53 Å². The third-order valence-corrected chi connectivity index (χ3v) is 5.54. The maximum Gasteiger partial charge on any atom is 0.227 e. The van der Waals surface area contributed by atoms with Crippen molar-refractivity contribution in [3.63, 3.8) is 0 Å². The first-order chi connectivity index (χ1) is 13.7. The standard InChI is InChI=1S/C20H28N6O2/c1-16(27)24-9-11-25(12-10-24)20-23-22-19(14-17-6-2-4-8-21-17)26(20)15-18-7-3-5-13-28-18/h2,4,6,8,18H,3,5,7,9-15H2,1H3. The zero-order valence-corrected chi connectivity index (χ0v) is 16.5. The summed E-state index contributed by atoms with van der Waals surface area (Å²) in [6.45, 7) is 6.20. The van der Waals surface area contributed by atoms with E-state index in [1.54, 1.807) is 6.92 Å². The lowest BCUT2D eigenvalue weighted by molar-refractivity contribution is -0.129. The molecule has 2 fully saturated rings. The van der Waals surface area contributed by atoms with Gasteiger partial charge in [-0.15, -0.1) is 10.2 Å². The Morgan fingerprint density at radius 3 is 2.71 bits per heavy atom. The SMILES string of the molecule is CC(=O)N1CCN(c2nnc(Cc3ccccn3)n2CC2CCCCO2)CC1. The third kappa shape index (κ3) is 4.32. The third-order valence-electron chi connectivity index (χ3n) is 5.54. The minimum absolute atomic E-state index is 0.132. The molecule has 1 amide bonds. The fourth-order valence-corrected chi connectivity index (χ4v) is 3.92. The van der Waals surface area contributed by atoms with Gasteiger partial charge in [-0.3, -0.25) is 14.3 Å². The van der Waals surface area contributed by atoms with E-state index >= 15 is 0 Å². The summed E-state index contributed by atoms with van der Waals surface area (Å²) in [4.78, 5) is 20.2. The van der Waals surface area contributed by atoms with Crippen LogP contribution in [0.3, 0.4) is 0 Å². The van der Waals surface area contributed by atoms with Gasteiger partial charge in [0.15, 0.2) is 0 Å². The highest BCUT2D eigenvalue weighted by atomic mass is 16.5. The Bertz CT molecular complexity index is 779. The lowest BCUT2D eigenvalue weighted by Gasteiger charge is -2.35. The molecule has 2 aromatic rings. The number of hydrogen-bond acceptors (Lipinski definition) is 6. The van der Waals surface area contributed by atoms with Gasteiger partial charge in [0.05, 0.1) is 19.1 Å². The van der Waals surface area contributed by atoms with Crippen molar-refractivity contribution in [1.29, 1.82) is 0 Å². The molecule has 0 spiro atoms. The Morgan fingerprint density at radius 1 is 1.18 bits per heavy atom. The number of nitrogens with zero attached hydrogens (tertiary/aromatic N) is 6. The summed E-state index contributed by atoms with van der Waals surface area (Å²) >= 11 is 0. The predicted molar refractivity (Wildman–Crippen MR) is 105 cm³/mol. The molecule has 2 aliphatic rings. The highest BCUT2D eigenvalue weighted by molar-refractivity contribution is 5.73. The topological polar surface area (TPSA) is 76.4 Å². The summed E-state index contributed by atoms with van der Waals surface area (Å²) in [5, 5.41) is 9.02. The van der Waals surface area contributed by atoms with Gasteiger partial charge in [0.1, 0.15) is 5.82 Å². The Labute approximate surface area is 165 Å². The fourth-order valence-electron chi connectivity index (χ4n) is 3.92. The molecular weight excluding hydrogens is 356 g/mol. The second-order valence-corrected chi connectivity index (χ2v) is 7.51. The maximum absolute atomic E-state index is 11.6. The lowest BCUT2D eigenvalue weighted by atomic mass is 10.1. The molecule has 2 saturated heterocycles. The number of carbonyl (C=O) groups excluding carboxylic acids is 1. The molecule has 8 heteroatoms. The molecular formula is C20H28N6O2. The molecule has 0 aliphatic carbocycles. The molecule has 0 aromatic carbocycles. The fraction of sp³-hybridized carbons (Fsp3) is 0.600. The molecule has 4 heterocycles. The van der Waals surface area contributed by atoms with E-state index in [1.807, 2.05) is 29.3 Å². The predicted octanol–water partition coefficient (Wildman–Crippen LogP) is 1.50. The Balaban J connectivity index is 1.55. The van der Waals surface area contributed by atoms with E-state index in [2.05, 4.69) is 24.6 Å². The van der Waals surface area contributed by atoms with Crippen molar-refractivity contribution in [1.82, 2.24) is 24.6 Å². The number of anilines is 1. The van der Waals surface area contributed by atoms with Crippen molar-refractivity contribution >= 4 is 11.9 Å². The van der Waals surface area contributed by atoms with Crippen LogP contribution in [-0.2, 0) is 22.5 Å². The molecule has 28 heavy (non-hydrogen) atoms. The number of carbonyl (C=O) groups is 1. The first-order valence-corrected chi connectivity index (χ1v) is 10.1.